The van der Waals surface area contributed by atoms with E-state index in [1.807, 2.05) is 0 Å². The second-order valence-corrected chi connectivity index (χ2v) is 0.525. The summed E-state index contributed by atoms with van der Waals surface area (Å²) in [5.74, 6) is 0. The summed E-state index contributed by atoms with van der Waals surface area (Å²) in [5.41, 5.74) is -0.438. The highest BCUT2D eigenvalue weighted by Crippen LogP contribution is 1.72. The maximum absolute atomic E-state index is 10.2. The van der Waals surface area contributed by atoms with E-state index in [2.05, 4.69) is 15.9 Å². The fourth-order valence-corrected chi connectivity index (χ4v) is 0. The first-order valence-corrected chi connectivity index (χ1v) is 1.66. The van der Waals surface area contributed by atoms with Crippen LogP contribution >= 0.6 is 15.9 Å². The van der Waals surface area contributed by atoms with Gasteiger partial charge in [-0.1, -0.05) is 15.9 Å². The van der Waals surface area contributed by atoms with Crippen LogP contribution in [0.15, 0.2) is 0 Å². The number of rotatable bonds is 0. The molecule has 0 unspecified atom stereocenters. The number of alkyl halides is 2. The van der Waals surface area contributed by atoms with Crippen LogP contribution in [-0.4, -0.2) is 5.58 Å². The summed E-state index contributed by atoms with van der Waals surface area (Å²) in [6.45, 7) is 0. The van der Waals surface area contributed by atoms with Crippen molar-refractivity contribution < 1.29 is 4.39 Å². The zero-order chi connectivity index (χ0) is 2.71. The molecule has 0 amide bonds. The van der Waals surface area contributed by atoms with Gasteiger partial charge in [0.15, 0.2) is 0 Å². The predicted octanol–water partition coefficient (Wildman–Crippen LogP) is 1.47. The molecule has 0 aliphatic carbocycles. The van der Waals surface area contributed by atoms with Crippen molar-refractivity contribution in [3.8, 4) is 0 Å². The Hall–Kier alpha value is 0.370. The van der Waals surface area contributed by atoms with Gasteiger partial charge in [-0.05, 0) is 0 Å². The molecule has 0 aliphatic heterocycles. The van der Waals surface area contributed by atoms with Crippen molar-refractivity contribution in [3.63, 3.8) is 0 Å². The molecular weight excluding hydrogens is 125 g/mol. The molecule has 3 heteroatoms. The lowest BCUT2D eigenvalue weighted by Gasteiger charge is -1.43. The topological polar surface area (TPSA) is 35.0 Å². The van der Waals surface area contributed by atoms with E-state index in [-0.39, 0.29) is 6.15 Å². The smallest absolute Gasteiger partial charge is 0.144 e. The fraction of sp³-hybridized carbons (Fsp3) is 1.00. The predicted molar refractivity (Wildman–Crippen MR) is 19.9 cm³/mol. The minimum Gasteiger partial charge on any atom is -0.344 e. The minimum atomic E-state index is -0.438. The quantitative estimate of drug-likeness (QED) is 0.495. The molecular formula is CH5BrFN. The minimum absolute atomic E-state index is 0. The molecule has 0 aliphatic rings. The van der Waals surface area contributed by atoms with E-state index < -0.39 is 5.58 Å². The van der Waals surface area contributed by atoms with Gasteiger partial charge in [-0.15, -0.1) is 0 Å². The molecule has 0 aromatic rings. The molecule has 28 valence electrons. The number of hydrogen-bond donors (Lipinski definition) is 1. The SMILES string of the molecule is FCBr.N. The molecule has 0 saturated carbocycles. The van der Waals surface area contributed by atoms with Gasteiger partial charge in [0, 0.05) is 0 Å². The average Bonchev–Trinajstić information content (AvgIpc) is 0.918. The van der Waals surface area contributed by atoms with Crippen LogP contribution in [-0.2, 0) is 0 Å². The fourth-order valence-electron chi connectivity index (χ4n) is 0. The molecule has 0 bridgehead atoms. The van der Waals surface area contributed by atoms with E-state index in [0.29, 0.717) is 0 Å². The van der Waals surface area contributed by atoms with Crippen LogP contribution in [0.1, 0.15) is 0 Å². The van der Waals surface area contributed by atoms with Crippen LogP contribution in [0.3, 0.4) is 0 Å². The lowest BCUT2D eigenvalue weighted by atomic mass is 11.9. The molecule has 0 aromatic carbocycles. The Morgan fingerprint density at radius 3 is 1.75 bits per heavy atom. The summed E-state index contributed by atoms with van der Waals surface area (Å²) in [6, 6.07) is 0. The van der Waals surface area contributed by atoms with Gasteiger partial charge in [0.2, 0.25) is 0 Å². The monoisotopic (exact) mass is 129 g/mol. The highest BCUT2D eigenvalue weighted by molar-refractivity contribution is 9.09. The second-order valence-electron chi connectivity index (χ2n) is 0.101. The first kappa shape index (κ1) is 8.84. The first-order valence-electron chi connectivity index (χ1n) is 0.535. The van der Waals surface area contributed by atoms with Crippen LogP contribution in [0.4, 0.5) is 4.39 Å². The van der Waals surface area contributed by atoms with Crippen molar-refractivity contribution in [2.24, 2.45) is 0 Å². The Labute approximate surface area is 32.9 Å². The summed E-state index contributed by atoms with van der Waals surface area (Å²) < 4.78 is 10.2. The standard InChI is InChI=1S/CH2BrF.H3N/c2-1-3;/h1H2;1H3. The largest absolute Gasteiger partial charge is 0.344 e. The highest BCUT2D eigenvalue weighted by atomic mass is 79.9. The van der Waals surface area contributed by atoms with Gasteiger partial charge < -0.3 is 6.15 Å². The van der Waals surface area contributed by atoms with E-state index in [1.54, 1.807) is 0 Å². The van der Waals surface area contributed by atoms with Gasteiger partial charge in [-0.3, -0.25) is 0 Å². The third-order valence-corrected chi connectivity index (χ3v) is 0. The Morgan fingerprint density at radius 1 is 1.75 bits per heavy atom. The Morgan fingerprint density at radius 2 is 1.75 bits per heavy atom. The zero-order valence-corrected chi connectivity index (χ0v) is 3.76. The molecule has 0 saturated heterocycles. The van der Waals surface area contributed by atoms with E-state index >= 15 is 0 Å². The summed E-state index contributed by atoms with van der Waals surface area (Å²) >= 11 is 2.48. The molecule has 0 heterocycles. The Bertz CT molecular complexity index is 8.00. The van der Waals surface area contributed by atoms with Crippen molar-refractivity contribution in [2.75, 3.05) is 5.58 Å². The highest BCUT2D eigenvalue weighted by Gasteiger charge is 1.42. The Kier molecular flexibility index (Phi) is 22.3. The summed E-state index contributed by atoms with van der Waals surface area (Å²) in [7, 11) is 0. The van der Waals surface area contributed by atoms with Gasteiger partial charge in [0.05, 0.1) is 0 Å². The maximum Gasteiger partial charge on any atom is 0.144 e. The third-order valence-electron chi connectivity index (χ3n) is 0. The second kappa shape index (κ2) is 10.1. The van der Waals surface area contributed by atoms with E-state index in [0.717, 1.165) is 0 Å². The van der Waals surface area contributed by atoms with Gasteiger partial charge >= 0.3 is 0 Å². The molecule has 0 spiro atoms. The van der Waals surface area contributed by atoms with E-state index in [1.165, 1.54) is 0 Å². The van der Waals surface area contributed by atoms with Gasteiger partial charge in [-0.2, -0.15) is 0 Å². The van der Waals surface area contributed by atoms with Crippen molar-refractivity contribution in [3.05, 3.63) is 0 Å². The zero-order valence-electron chi connectivity index (χ0n) is 2.17. The molecule has 0 radical (unpaired) electrons. The molecule has 0 fully saturated rings. The van der Waals surface area contributed by atoms with E-state index in [9.17, 15) is 4.39 Å². The summed E-state index contributed by atoms with van der Waals surface area (Å²) in [6.07, 6.45) is 0. The molecule has 1 nitrogen and oxygen atoms in total. The number of halogens is 2. The number of hydrogen-bond acceptors (Lipinski definition) is 1. The van der Waals surface area contributed by atoms with Crippen LogP contribution in [0.25, 0.3) is 0 Å². The van der Waals surface area contributed by atoms with Crippen LogP contribution in [0.5, 0.6) is 0 Å². The molecule has 0 aromatic heterocycles. The van der Waals surface area contributed by atoms with E-state index in [4.69, 9.17) is 0 Å². The average molecular weight is 130 g/mol. The molecule has 4 heavy (non-hydrogen) atoms. The van der Waals surface area contributed by atoms with Crippen molar-refractivity contribution in [2.45, 2.75) is 0 Å². The summed E-state index contributed by atoms with van der Waals surface area (Å²) in [5, 5.41) is 0. The molecule has 0 rings (SSSR count). The van der Waals surface area contributed by atoms with Crippen molar-refractivity contribution >= 4 is 15.9 Å². The van der Waals surface area contributed by atoms with Crippen LogP contribution < -0.4 is 6.15 Å². The lowest BCUT2D eigenvalue weighted by molar-refractivity contribution is 0.613. The van der Waals surface area contributed by atoms with Gasteiger partial charge in [-0.25, -0.2) is 4.39 Å². The van der Waals surface area contributed by atoms with Gasteiger partial charge in [0.1, 0.15) is 5.58 Å². The first-order chi connectivity index (χ1) is 1.41. The van der Waals surface area contributed by atoms with Crippen LogP contribution in [0, 0.1) is 0 Å². The molecule has 3 N–H and O–H groups in total. The van der Waals surface area contributed by atoms with Gasteiger partial charge in [0.25, 0.3) is 0 Å². The lowest BCUT2D eigenvalue weighted by Crippen LogP contribution is -1.27. The normalized spacial score (nSPS) is 4.50. The third kappa shape index (κ3) is 32.5. The molecule has 0 atom stereocenters. The van der Waals surface area contributed by atoms with Crippen molar-refractivity contribution in [1.82, 2.24) is 6.15 Å². The van der Waals surface area contributed by atoms with Crippen molar-refractivity contribution in [1.29, 1.82) is 0 Å². The maximum atomic E-state index is 10.2. The summed E-state index contributed by atoms with van der Waals surface area (Å²) in [4.78, 5) is 0. The Balaban J connectivity index is 0. The van der Waals surface area contributed by atoms with Crippen LogP contribution in [0.2, 0.25) is 0 Å².